The van der Waals surface area contributed by atoms with E-state index in [4.69, 9.17) is 5.26 Å². The molecule has 152 valence electrons. The largest absolute Gasteiger partial charge is 0.384 e. The van der Waals surface area contributed by atoms with Gasteiger partial charge in [0.2, 0.25) is 15.9 Å². The van der Waals surface area contributed by atoms with Gasteiger partial charge in [-0.1, -0.05) is 0 Å². The highest BCUT2D eigenvalue weighted by molar-refractivity contribution is 7.89. The van der Waals surface area contributed by atoms with E-state index in [1.165, 1.54) is 19.1 Å². The number of nitrogens with zero attached hydrogens (tertiary/aromatic N) is 3. The van der Waals surface area contributed by atoms with Crippen molar-refractivity contribution < 1.29 is 13.2 Å². The molecule has 0 saturated heterocycles. The fourth-order valence-corrected chi connectivity index (χ4v) is 3.86. The zero-order chi connectivity index (χ0) is 21.0. The first-order chi connectivity index (χ1) is 13.8. The summed E-state index contributed by atoms with van der Waals surface area (Å²) in [5.41, 5.74) is 2.34. The van der Waals surface area contributed by atoms with Crippen molar-refractivity contribution in [3.05, 3.63) is 42.0 Å². The summed E-state index contributed by atoms with van der Waals surface area (Å²) in [7, 11) is -3.97. The number of nitriles is 1. The lowest BCUT2D eigenvalue weighted by Gasteiger charge is -2.17. The number of sulfonamides is 1. The zero-order valence-electron chi connectivity index (χ0n) is 16.1. The monoisotopic (exact) mass is 414 g/mol. The lowest BCUT2D eigenvalue weighted by molar-refractivity contribution is -0.117. The normalized spacial score (nSPS) is 14.7. The third kappa shape index (κ3) is 5.07. The van der Waals surface area contributed by atoms with Gasteiger partial charge in [0.05, 0.1) is 23.6 Å². The molecule has 0 aliphatic heterocycles. The Labute approximate surface area is 169 Å². The third-order valence-corrected chi connectivity index (χ3v) is 5.96. The van der Waals surface area contributed by atoms with E-state index in [2.05, 4.69) is 25.3 Å². The summed E-state index contributed by atoms with van der Waals surface area (Å²) in [5.74, 6) is -0.0424. The average Bonchev–Trinajstić information content (AvgIpc) is 3.54. The predicted octanol–water partition coefficient (Wildman–Crippen LogP) is 1.96. The van der Waals surface area contributed by atoms with Crippen LogP contribution >= 0.6 is 0 Å². The number of carbonyl (C=O) groups excluding carboxylic acids is 1. The molecular formula is C19H22N6O3S. The van der Waals surface area contributed by atoms with Gasteiger partial charge in [0.1, 0.15) is 16.7 Å². The first-order valence-electron chi connectivity index (χ1n) is 9.27. The average molecular weight is 414 g/mol. The van der Waals surface area contributed by atoms with Crippen LogP contribution in [0.15, 0.2) is 35.5 Å². The quantitative estimate of drug-likeness (QED) is 0.600. The first-order valence-corrected chi connectivity index (χ1v) is 10.8. The smallest absolute Gasteiger partial charge is 0.242 e. The number of hydrogen-bond donors (Lipinski definition) is 3. The van der Waals surface area contributed by atoms with E-state index in [1.54, 1.807) is 6.20 Å². The number of hydrogen-bond acceptors (Lipinski definition) is 7. The van der Waals surface area contributed by atoms with E-state index >= 15 is 0 Å². The molecule has 29 heavy (non-hydrogen) atoms. The molecule has 3 N–H and O–H groups in total. The van der Waals surface area contributed by atoms with Crippen LogP contribution in [0.5, 0.6) is 0 Å². The van der Waals surface area contributed by atoms with E-state index in [0.717, 1.165) is 30.4 Å². The number of amides is 1. The van der Waals surface area contributed by atoms with Gasteiger partial charge in [0.25, 0.3) is 0 Å². The fourth-order valence-electron chi connectivity index (χ4n) is 2.71. The van der Waals surface area contributed by atoms with Gasteiger partial charge in [-0.15, -0.1) is 0 Å². The van der Waals surface area contributed by atoms with Crippen molar-refractivity contribution in [2.24, 2.45) is 0 Å². The van der Waals surface area contributed by atoms with Crippen LogP contribution in [0.3, 0.4) is 0 Å². The maximum atomic E-state index is 12.6. The van der Waals surface area contributed by atoms with Gasteiger partial charge in [0.15, 0.2) is 0 Å². The number of pyridine rings is 2. The molecule has 2 heterocycles. The van der Waals surface area contributed by atoms with Gasteiger partial charge in [-0.25, -0.2) is 13.4 Å². The number of aromatic nitrogens is 2. The number of anilines is 2. The minimum atomic E-state index is -3.97. The molecular weight excluding hydrogens is 392 g/mol. The van der Waals surface area contributed by atoms with Crippen LogP contribution in [-0.4, -0.2) is 36.9 Å². The van der Waals surface area contributed by atoms with Crippen LogP contribution in [0.4, 0.5) is 11.4 Å². The van der Waals surface area contributed by atoms with E-state index in [0.29, 0.717) is 18.2 Å². The lowest BCUT2D eigenvalue weighted by atomic mass is 10.2. The first kappa shape index (κ1) is 20.7. The second-order valence-corrected chi connectivity index (χ2v) is 8.50. The minimum absolute atomic E-state index is 0.104. The van der Waals surface area contributed by atoms with Gasteiger partial charge in [-0.2, -0.15) is 9.98 Å². The van der Waals surface area contributed by atoms with Crippen molar-refractivity contribution in [3.63, 3.8) is 0 Å². The van der Waals surface area contributed by atoms with Crippen molar-refractivity contribution in [3.8, 4) is 6.07 Å². The highest BCUT2D eigenvalue weighted by Gasteiger charge is 2.27. The maximum absolute atomic E-state index is 12.6. The lowest BCUT2D eigenvalue weighted by Crippen LogP contribution is -2.41. The van der Waals surface area contributed by atoms with Crippen LogP contribution in [0.2, 0.25) is 0 Å². The SMILES string of the molecule is CCNc1cc(C2CC2)ncc1NC(=O)C(C)NS(=O)(=O)c1ccc(C#N)nc1. The van der Waals surface area contributed by atoms with Gasteiger partial charge in [-0.05, 0) is 44.9 Å². The van der Waals surface area contributed by atoms with Crippen molar-refractivity contribution in [2.45, 2.75) is 43.5 Å². The summed E-state index contributed by atoms with van der Waals surface area (Å²) in [6.07, 6.45) is 4.91. The molecule has 2 aromatic rings. The molecule has 9 nitrogen and oxygen atoms in total. The molecule has 2 aromatic heterocycles. The fraction of sp³-hybridized carbons (Fsp3) is 0.368. The molecule has 1 atom stereocenters. The standard InChI is InChI=1S/C19H22N6O3S/c1-3-21-17-8-16(13-4-5-13)23-11-18(17)24-19(26)12(2)25-29(27,28)15-7-6-14(9-20)22-10-15/h6-8,10-13,25H,3-5H2,1-2H3,(H,21,23)(H,24,26). The summed E-state index contributed by atoms with van der Waals surface area (Å²) < 4.78 is 27.2. The van der Waals surface area contributed by atoms with Crippen LogP contribution < -0.4 is 15.4 Å². The Balaban J connectivity index is 1.70. The van der Waals surface area contributed by atoms with E-state index in [9.17, 15) is 13.2 Å². The molecule has 1 aliphatic rings. The van der Waals surface area contributed by atoms with Crippen molar-refractivity contribution in [1.29, 1.82) is 5.26 Å². The summed E-state index contributed by atoms with van der Waals surface area (Å²) >= 11 is 0. The van der Waals surface area contributed by atoms with E-state index in [1.807, 2.05) is 19.1 Å². The molecule has 0 bridgehead atoms. The molecule has 1 aliphatic carbocycles. The zero-order valence-corrected chi connectivity index (χ0v) is 17.0. The Hall–Kier alpha value is -3.03. The Bertz CT molecular complexity index is 1040. The Morgan fingerprint density at radius 2 is 2.03 bits per heavy atom. The van der Waals surface area contributed by atoms with Gasteiger partial charge in [-0.3, -0.25) is 9.78 Å². The second-order valence-electron chi connectivity index (χ2n) is 6.78. The molecule has 1 fully saturated rings. The molecule has 1 saturated carbocycles. The van der Waals surface area contributed by atoms with Crippen LogP contribution in [0, 0.1) is 11.3 Å². The molecule has 0 radical (unpaired) electrons. The molecule has 1 amide bonds. The number of carbonyl (C=O) groups is 1. The van der Waals surface area contributed by atoms with Gasteiger partial charge < -0.3 is 10.6 Å². The maximum Gasteiger partial charge on any atom is 0.242 e. The van der Waals surface area contributed by atoms with Gasteiger partial charge in [0, 0.05) is 24.4 Å². The summed E-state index contributed by atoms with van der Waals surface area (Å²) in [6, 6.07) is 5.28. The summed E-state index contributed by atoms with van der Waals surface area (Å²) in [5, 5.41) is 14.7. The summed E-state index contributed by atoms with van der Waals surface area (Å²) in [4.78, 5) is 20.6. The Morgan fingerprint density at radius 1 is 1.28 bits per heavy atom. The van der Waals surface area contributed by atoms with Crippen LogP contribution in [0.1, 0.15) is 44.0 Å². The minimum Gasteiger partial charge on any atom is -0.384 e. The highest BCUT2D eigenvalue weighted by Crippen LogP contribution is 2.40. The Kier molecular flexibility index (Phi) is 6.10. The van der Waals surface area contributed by atoms with E-state index in [-0.39, 0.29) is 10.6 Å². The second kappa shape index (κ2) is 8.55. The van der Waals surface area contributed by atoms with Crippen molar-refractivity contribution in [1.82, 2.24) is 14.7 Å². The number of nitrogens with one attached hydrogen (secondary N) is 3. The molecule has 1 unspecified atom stereocenters. The predicted molar refractivity (Wildman–Crippen MR) is 108 cm³/mol. The van der Waals surface area contributed by atoms with Crippen molar-refractivity contribution >= 4 is 27.3 Å². The van der Waals surface area contributed by atoms with Gasteiger partial charge >= 0.3 is 0 Å². The highest BCUT2D eigenvalue weighted by atomic mass is 32.2. The van der Waals surface area contributed by atoms with Crippen molar-refractivity contribution in [2.75, 3.05) is 17.2 Å². The van der Waals surface area contributed by atoms with E-state index < -0.39 is 22.0 Å². The molecule has 0 aromatic carbocycles. The molecule has 3 rings (SSSR count). The summed E-state index contributed by atoms with van der Waals surface area (Å²) in [6.45, 7) is 4.07. The Morgan fingerprint density at radius 3 is 2.62 bits per heavy atom. The third-order valence-electron chi connectivity index (χ3n) is 4.43. The topological polar surface area (TPSA) is 137 Å². The van der Waals surface area contributed by atoms with Crippen LogP contribution in [0.25, 0.3) is 0 Å². The molecule has 10 heteroatoms. The number of rotatable bonds is 8. The van der Waals surface area contributed by atoms with Crippen LogP contribution in [-0.2, 0) is 14.8 Å². The molecule has 0 spiro atoms.